The largest absolute Gasteiger partial charge is 0.311 e. The van der Waals surface area contributed by atoms with Gasteiger partial charge in [0.15, 0.2) is 0 Å². The van der Waals surface area contributed by atoms with E-state index in [1.807, 2.05) is 0 Å². The molecular weight excluding hydrogens is 148 g/mol. The Kier molecular flexibility index (Phi) is 3.13. The van der Waals surface area contributed by atoms with Crippen molar-refractivity contribution in [3.63, 3.8) is 0 Å². The van der Waals surface area contributed by atoms with Gasteiger partial charge in [-0.3, -0.25) is 0 Å². The van der Waals surface area contributed by atoms with Gasteiger partial charge in [0.2, 0.25) is 0 Å². The minimum Gasteiger partial charge on any atom is -0.311 e. The molecule has 72 valence electrons. The second-order valence-electron chi connectivity index (χ2n) is 4.99. The van der Waals surface area contributed by atoms with Crippen LogP contribution in [-0.4, -0.2) is 37.1 Å². The van der Waals surface area contributed by atoms with Gasteiger partial charge in [-0.25, -0.2) is 0 Å². The standard InChI is InChI=1S/C10H22N2/c1-5-12-6-9(7-12)11-8-10(2,3)4/h9,11H,5-8H2,1-4H3. The molecular formula is C10H22N2. The topological polar surface area (TPSA) is 15.3 Å². The Hall–Kier alpha value is -0.0800. The first-order valence-electron chi connectivity index (χ1n) is 4.97. The lowest BCUT2D eigenvalue weighted by Crippen LogP contribution is -2.58. The van der Waals surface area contributed by atoms with E-state index in [0.717, 1.165) is 12.6 Å². The molecule has 0 aliphatic carbocycles. The molecule has 0 aromatic carbocycles. The maximum Gasteiger partial charge on any atom is 0.0322 e. The first-order chi connectivity index (χ1) is 5.51. The molecule has 0 bridgehead atoms. The van der Waals surface area contributed by atoms with E-state index in [1.165, 1.54) is 19.6 Å². The molecule has 0 radical (unpaired) electrons. The SMILES string of the molecule is CCN1CC(NCC(C)(C)C)C1. The lowest BCUT2D eigenvalue weighted by atomic mass is 9.96. The predicted octanol–water partition coefficient (Wildman–Crippen LogP) is 1.33. The van der Waals surface area contributed by atoms with Crippen molar-refractivity contribution in [1.29, 1.82) is 0 Å². The van der Waals surface area contributed by atoms with Crippen molar-refractivity contribution in [2.45, 2.75) is 33.7 Å². The minimum atomic E-state index is 0.423. The molecule has 2 nitrogen and oxygen atoms in total. The molecule has 1 N–H and O–H groups in total. The molecule has 0 spiro atoms. The molecule has 12 heavy (non-hydrogen) atoms. The van der Waals surface area contributed by atoms with Crippen LogP contribution in [0, 0.1) is 5.41 Å². The van der Waals surface area contributed by atoms with Crippen LogP contribution in [0.5, 0.6) is 0 Å². The third-order valence-corrected chi connectivity index (χ3v) is 2.33. The highest BCUT2D eigenvalue weighted by Gasteiger charge is 2.25. The molecule has 1 heterocycles. The fourth-order valence-corrected chi connectivity index (χ4v) is 1.41. The van der Waals surface area contributed by atoms with Crippen molar-refractivity contribution in [2.24, 2.45) is 5.41 Å². The zero-order valence-corrected chi connectivity index (χ0v) is 8.85. The number of hydrogen-bond acceptors (Lipinski definition) is 2. The van der Waals surface area contributed by atoms with E-state index in [9.17, 15) is 0 Å². The summed E-state index contributed by atoms with van der Waals surface area (Å²) in [6, 6.07) is 0.754. The van der Waals surface area contributed by atoms with E-state index in [-0.39, 0.29) is 0 Å². The quantitative estimate of drug-likeness (QED) is 0.687. The number of hydrogen-bond donors (Lipinski definition) is 1. The van der Waals surface area contributed by atoms with Gasteiger partial charge in [0.1, 0.15) is 0 Å². The van der Waals surface area contributed by atoms with Crippen LogP contribution in [0.25, 0.3) is 0 Å². The molecule has 1 aliphatic heterocycles. The lowest BCUT2D eigenvalue weighted by Gasteiger charge is -2.40. The van der Waals surface area contributed by atoms with Gasteiger partial charge in [-0.1, -0.05) is 27.7 Å². The summed E-state index contributed by atoms with van der Waals surface area (Å²) in [4.78, 5) is 2.46. The van der Waals surface area contributed by atoms with Crippen LogP contribution in [0.1, 0.15) is 27.7 Å². The van der Waals surface area contributed by atoms with Crippen molar-refractivity contribution < 1.29 is 0 Å². The maximum atomic E-state index is 3.58. The molecule has 0 atom stereocenters. The molecule has 0 amide bonds. The summed E-state index contributed by atoms with van der Waals surface area (Å²) in [5.74, 6) is 0. The van der Waals surface area contributed by atoms with Gasteiger partial charge in [0.05, 0.1) is 0 Å². The van der Waals surface area contributed by atoms with Crippen LogP contribution in [-0.2, 0) is 0 Å². The predicted molar refractivity (Wildman–Crippen MR) is 53.4 cm³/mol. The zero-order chi connectivity index (χ0) is 9.19. The highest BCUT2D eigenvalue weighted by Crippen LogP contribution is 2.13. The van der Waals surface area contributed by atoms with Crippen LogP contribution in [0.2, 0.25) is 0 Å². The fourth-order valence-electron chi connectivity index (χ4n) is 1.41. The van der Waals surface area contributed by atoms with Crippen LogP contribution in [0.15, 0.2) is 0 Å². The van der Waals surface area contributed by atoms with Crippen LogP contribution in [0.4, 0.5) is 0 Å². The van der Waals surface area contributed by atoms with E-state index in [2.05, 4.69) is 37.9 Å². The van der Waals surface area contributed by atoms with Gasteiger partial charge >= 0.3 is 0 Å². The molecule has 2 heteroatoms. The summed E-state index contributed by atoms with van der Waals surface area (Å²) >= 11 is 0. The average Bonchev–Trinajstić information content (AvgIpc) is 1.82. The van der Waals surface area contributed by atoms with Gasteiger partial charge in [-0.15, -0.1) is 0 Å². The number of nitrogens with one attached hydrogen (secondary N) is 1. The Morgan fingerprint density at radius 2 is 1.92 bits per heavy atom. The molecule has 0 aromatic rings. The summed E-state index contributed by atoms with van der Waals surface area (Å²) < 4.78 is 0. The summed E-state index contributed by atoms with van der Waals surface area (Å²) in [7, 11) is 0. The lowest BCUT2D eigenvalue weighted by molar-refractivity contribution is 0.126. The number of likely N-dealkylation sites (N-methyl/N-ethyl adjacent to an activating group) is 1. The molecule has 1 aliphatic rings. The number of rotatable bonds is 3. The highest BCUT2D eigenvalue weighted by atomic mass is 15.2. The van der Waals surface area contributed by atoms with Crippen LogP contribution >= 0.6 is 0 Å². The van der Waals surface area contributed by atoms with Crippen molar-refractivity contribution >= 4 is 0 Å². The van der Waals surface area contributed by atoms with Gasteiger partial charge in [0, 0.05) is 25.7 Å². The number of nitrogens with zero attached hydrogens (tertiary/aromatic N) is 1. The Morgan fingerprint density at radius 1 is 1.33 bits per heavy atom. The molecule has 0 aromatic heterocycles. The Labute approximate surface area is 76.3 Å². The van der Waals surface area contributed by atoms with Crippen molar-refractivity contribution in [2.75, 3.05) is 26.2 Å². The summed E-state index contributed by atoms with van der Waals surface area (Å²) in [6.45, 7) is 13.9. The molecule has 0 saturated carbocycles. The first kappa shape index (κ1) is 10.0. The second-order valence-corrected chi connectivity index (χ2v) is 4.99. The Morgan fingerprint density at radius 3 is 2.33 bits per heavy atom. The van der Waals surface area contributed by atoms with Gasteiger partial charge in [-0.05, 0) is 12.0 Å². The first-order valence-corrected chi connectivity index (χ1v) is 4.97. The fraction of sp³-hybridized carbons (Fsp3) is 1.00. The van der Waals surface area contributed by atoms with E-state index >= 15 is 0 Å². The highest BCUT2D eigenvalue weighted by molar-refractivity contribution is 4.85. The Balaban J connectivity index is 2.04. The molecule has 1 saturated heterocycles. The van der Waals surface area contributed by atoms with Crippen LogP contribution in [0.3, 0.4) is 0 Å². The van der Waals surface area contributed by atoms with E-state index in [0.29, 0.717) is 5.41 Å². The molecule has 1 rings (SSSR count). The monoisotopic (exact) mass is 170 g/mol. The van der Waals surface area contributed by atoms with Crippen molar-refractivity contribution in [1.82, 2.24) is 10.2 Å². The van der Waals surface area contributed by atoms with Crippen LogP contribution < -0.4 is 5.32 Å². The molecule has 1 fully saturated rings. The van der Waals surface area contributed by atoms with Crippen molar-refractivity contribution in [3.05, 3.63) is 0 Å². The van der Waals surface area contributed by atoms with Gasteiger partial charge < -0.3 is 10.2 Å². The second kappa shape index (κ2) is 3.75. The van der Waals surface area contributed by atoms with Gasteiger partial charge in [0.25, 0.3) is 0 Å². The third kappa shape index (κ3) is 3.11. The normalized spacial score (nSPS) is 21.0. The number of likely N-dealkylation sites (tertiary alicyclic amines) is 1. The minimum absolute atomic E-state index is 0.423. The summed E-state index contributed by atoms with van der Waals surface area (Å²) in [5.41, 5.74) is 0.423. The summed E-state index contributed by atoms with van der Waals surface area (Å²) in [6.07, 6.45) is 0. The average molecular weight is 170 g/mol. The molecule has 0 unspecified atom stereocenters. The van der Waals surface area contributed by atoms with Crippen molar-refractivity contribution in [3.8, 4) is 0 Å². The van der Waals surface area contributed by atoms with E-state index < -0.39 is 0 Å². The van der Waals surface area contributed by atoms with E-state index in [1.54, 1.807) is 0 Å². The smallest absolute Gasteiger partial charge is 0.0322 e. The van der Waals surface area contributed by atoms with E-state index in [4.69, 9.17) is 0 Å². The zero-order valence-electron chi connectivity index (χ0n) is 8.85. The Bertz CT molecular complexity index is 131. The third-order valence-electron chi connectivity index (χ3n) is 2.33. The van der Waals surface area contributed by atoms with Gasteiger partial charge in [-0.2, -0.15) is 0 Å². The maximum absolute atomic E-state index is 3.58. The summed E-state index contributed by atoms with van der Waals surface area (Å²) in [5, 5.41) is 3.58.